The number of nitrogens with zero attached hydrogens (tertiary/aromatic N) is 2. The Morgan fingerprint density at radius 1 is 1.50 bits per heavy atom. The lowest BCUT2D eigenvalue weighted by molar-refractivity contribution is 0.446. The molecule has 3 nitrogen and oxygen atoms in total. The Labute approximate surface area is 113 Å². The standard InChI is InChI=1S/C14H18ClN3/c1-17-10-13-4-2-3-7-18(13)14-8-12(15)6-5-11(14)9-16/h5-6,8,13,17H,2-4,7,10H2,1H3. The number of hydrogen-bond donors (Lipinski definition) is 1. The van der Waals surface area contributed by atoms with E-state index in [-0.39, 0.29) is 0 Å². The maximum atomic E-state index is 9.22. The van der Waals surface area contributed by atoms with Crippen molar-refractivity contribution in [1.29, 1.82) is 5.26 Å². The first kappa shape index (κ1) is 13.2. The molecule has 0 aromatic heterocycles. The SMILES string of the molecule is CNCC1CCCCN1c1cc(Cl)ccc1C#N. The molecule has 1 saturated heterocycles. The van der Waals surface area contributed by atoms with Crippen molar-refractivity contribution < 1.29 is 0 Å². The highest BCUT2D eigenvalue weighted by Crippen LogP contribution is 2.29. The van der Waals surface area contributed by atoms with E-state index in [0.717, 1.165) is 25.2 Å². The monoisotopic (exact) mass is 263 g/mol. The van der Waals surface area contributed by atoms with Crippen molar-refractivity contribution in [2.45, 2.75) is 25.3 Å². The van der Waals surface area contributed by atoms with E-state index in [1.165, 1.54) is 12.8 Å². The first-order chi connectivity index (χ1) is 8.76. The normalized spacial score (nSPS) is 19.6. The van der Waals surface area contributed by atoms with Crippen molar-refractivity contribution in [2.24, 2.45) is 0 Å². The summed E-state index contributed by atoms with van der Waals surface area (Å²) in [7, 11) is 1.97. The summed E-state index contributed by atoms with van der Waals surface area (Å²) in [5.74, 6) is 0. The van der Waals surface area contributed by atoms with Crippen LogP contribution in [0.1, 0.15) is 24.8 Å². The van der Waals surface area contributed by atoms with Crippen molar-refractivity contribution in [2.75, 3.05) is 25.0 Å². The second kappa shape index (κ2) is 6.08. The van der Waals surface area contributed by atoms with Crippen LogP contribution in [0, 0.1) is 11.3 Å². The molecule has 1 fully saturated rings. The van der Waals surface area contributed by atoms with Crippen molar-refractivity contribution in [3.63, 3.8) is 0 Å². The van der Waals surface area contributed by atoms with E-state index in [1.54, 1.807) is 6.07 Å². The molecule has 0 saturated carbocycles. The molecular formula is C14H18ClN3. The first-order valence-corrected chi connectivity index (χ1v) is 6.75. The smallest absolute Gasteiger partial charge is 0.101 e. The molecule has 1 aromatic rings. The van der Waals surface area contributed by atoms with Crippen LogP contribution in [-0.4, -0.2) is 26.2 Å². The number of nitrogens with one attached hydrogen (secondary N) is 1. The number of hydrogen-bond acceptors (Lipinski definition) is 3. The molecule has 1 unspecified atom stereocenters. The summed E-state index contributed by atoms with van der Waals surface area (Å²) >= 11 is 6.07. The Hall–Kier alpha value is -1.24. The number of rotatable bonds is 3. The maximum absolute atomic E-state index is 9.22. The fraction of sp³-hybridized carbons (Fsp3) is 0.500. The molecule has 1 aliphatic rings. The number of likely N-dealkylation sites (N-methyl/N-ethyl adjacent to an activating group) is 1. The summed E-state index contributed by atoms with van der Waals surface area (Å²) in [4.78, 5) is 2.32. The van der Waals surface area contributed by atoms with Crippen LogP contribution in [0.3, 0.4) is 0 Å². The zero-order chi connectivity index (χ0) is 13.0. The van der Waals surface area contributed by atoms with Crippen LogP contribution in [-0.2, 0) is 0 Å². The highest BCUT2D eigenvalue weighted by Gasteiger charge is 2.24. The molecule has 1 heterocycles. The van der Waals surface area contributed by atoms with Gasteiger partial charge in [0.15, 0.2) is 0 Å². The lowest BCUT2D eigenvalue weighted by atomic mass is 10.00. The average Bonchev–Trinajstić information content (AvgIpc) is 2.40. The van der Waals surface area contributed by atoms with Gasteiger partial charge in [-0.2, -0.15) is 5.26 Å². The van der Waals surface area contributed by atoms with Crippen LogP contribution >= 0.6 is 11.6 Å². The molecule has 18 heavy (non-hydrogen) atoms. The van der Waals surface area contributed by atoms with Gasteiger partial charge in [-0.15, -0.1) is 0 Å². The van der Waals surface area contributed by atoms with Gasteiger partial charge >= 0.3 is 0 Å². The van der Waals surface area contributed by atoms with Gasteiger partial charge in [-0.3, -0.25) is 0 Å². The minimum Gasteiger partial charge on any atom is -0.366 e. The molecule has 0 spiro atoms. The molecule has 0 radical (unpaired) electrons. The molecule has 96 valence electrons. The van der Waals surface area contributed by atoms with Crippen molar-refractivity contribution >= 4 is 17.3 Å². The zero-order valence-corrected chi connectivity index (χ0v) is 11.4. The predicted octanol–water partition coefficient (Wildman–Crippen LogP) is 2.79. The second-order valence-corrected chi connectivity index (χ2v) is 5.11. The minimum atomic E-state index is 0.453. The summed E-state index contributed by atoms with van der Waals surface area (Å²) in [6, 6.07) is 8.21. The Bertz CT molecular complexity index is 451. The molecular weight excluding hydrogens is 246 g/mol. The number of benzene rings is 1. The van der Waals surface area contributed by atoms with Gasteiger partial charge in [-0.05, 0) is 44.5 Å². The predicted molar refractivity (Wildman–Crippen MR) is 75.1 cm³/mol. The van der Waals surface area contributed by atoms with Gasteiger partial charge in [0.1, 0.15) is 6.07 Å². The van der Waals surface area contributed by atoms with Crippen LogP contribution in [0.25, 0.3) is 0 Å². The third kappa shape index (κ3) is 2.77. The van der Waals surface area contributed by atoms with E-state index in [1.807, 2.05) is 19.2 Å². The van der Waals surface area contributed by atoms with Gasteiger partial charge in [0.2, 0.25) is 0 Å². The fourth-order valence-corrected chi connectivity index (χ4v) is 2.77. The number of piperidine rings is 1. The highest BCUT2D eigenvalue weighted by atomic mass is 35.5. The van der Waals surface area contributed by atoms with E-state index in [9.17, 15) is 5.26 Å². The summed E-state index contributed by atoms with van der Waals surface area (Å²) in [5.41, 5.74) is 1.69. The van der Waals surface area contributed by atoms with Gasteiger partial charge < -0.3 is 10.2 Å². The topological polar surface area (TPSA) is 39.1 Å². The second-order valence-electron chi connectivity index (χ2n) is 4.67. The highest BCUT2D eigenvalue weighted by molar-refractivity contribution is 6.30. The maximum Gasteiger partial charge on any atom is 0.101 e. The summed E-state index contributed by atoms with van der Waals surface area (Å²) < 4.78 is 0. The lowest BCUT2D eigenvalue weighted by Gasteiger charge is -2.38. The molecule has 0 bridgehead atoms. The minimum absolute atomic E-state index is 0.453. The Morgan fingerprint density at radius 2 is 2.33 bits per heavy atom. The first-order valence-electron chi connectivity index (χ1n) is 6.37. The van der Waals surface area contributed by atoms with Gasteiger partial charge in [-0.1, -0.05) is 11.6 Å². The van der Waals surface area contributed by atoms with Crippen molar-refractivity contribution in [1.82, 2.24) is 5.32 Å². The Balaban J connectivity index is 2.33. The van der Waals surface area contributed by atoms with Gasteiger partial charge in [0.05, 0.1) is 11.3 Å². The van der Waals surface area contributed by atoms with E-state index in [0.29, 0.717) is 16.6 Å². The third-order valence-corrected chi connectivity index (χ3v) is 3.69. The molecule has 0 amide bonds. The van der Waals surface area contributed by atoms with E-state index in [4.69, 9.17) is 11.6 Å². The quantitative estimate of drug-likeness (QED) is 0.912. The largest absolute Gasteiger partial charge is 0.366 e. The van der Waals surface area contributed by atoms with E-state index >= 15 is 0 Å². The molecule has 4 heteroatoms. The fourth-order valence-electron chi connectivity index (χ4n) is 2.60. The van der Waals surface area contributed by atoms with Gasteiger partial charge in [0.25, 0.3) is 0 Å². The van der Waals surface area contributed by atoms with Crippen LogP contribution in [0.15, 0.2) is 18.2 Å². The number of nitriles is 1. The van der Waals surface area contributed by atoms with Crippen LogP contribution in [0.2, 0.25) is 5.02 Å². The molecule has 1 atom stereocenters. The molecule has 1 N–H and O–H groups in total. The summed E-state index contributed by atoms with van der Waals surface area (Å²) in [6.07, 6.45) is 3.60. The van der Waals surface area contributed by atoms with Crippen molar-refractivity contribution in [3.05, 3.63) is 28.8 Å². The lowest BCUT2D eigenvalue weighted by Crippen LogP contribution is -2.45. The van der Waals surface area contributed by atoms with E-state index in [2.05, 4.69) is 16.3 Å². The van der Waals surface area contributed by atoms with Gasteiger partial charge in [-0.25, -0.2) is 0 Å². The summed E-state index contributed by atoms with van der Waals surface area (Å²) in [6.45, 7) is 1.94. The molecule has 1 aliphatic heterocycles. The van der Waals surface area contributed by atoms with Crippen LogP contribution < -0.4 is 10.2 Å². The number of halogens is 1. The Kier molecular flexibility index (Phi) is 4.46. The molecule has 1 aromatic carbocycles. The van der Waals surface area contributed by atoms with Crippen LogP contribution in [0.5, 0.6) is 0 Å². The molecule has 2 rings (SSSR count). The van der Waals surface area contributed by atoms with Gasteiger partial charge in [0, 0.05) is 24.2 Å². The van der Waals surface area contributed by atoms with Crippen LogP contribution in [0.4, 0.5) is 5.69 Å². The number of anilines is 1. The van der Waals surface area contributed by atoms with E-state index < -0.39 is 0 Å². The zero-order valence-electron chi connectivity index (χ0n) is 10.6. The molecule has 0 aliphatic carbocycles. The summed E-state index contributed by atoms with van der Waals surface area (Å²) in [5, 5.41) is 13.1. The third-order valence-electron chi connectivity index (χ3n) is 3.46. The average molecular weight is 264 g/mol. The Morgan fingerprint density at radius 3 is 3.06 bits per heavy atom. The van der Waals surface area contributed by atoms with Crippen molar-refractivity contribution in [3.8, 4) is 6.07 Å².